The Morgan fingerprint density at radius 1 is 1.44 bits per heavy atom. The molecular weight excluding hydrogens is 253 g/mol. The highest BCUT2D eigenvalue weighted by Gasteiger charge is 2.34. The van der Waals surface area contributed by atoms with Gasteiger partial charge in [0.25, 0.3) is 5.91 Å². The number of ether oxygens (including phenoxy) is 2. The molecule has 2 heterocycles. The maximum absolute atomic E-state index is 12.5. The summed E-state index contributed by atoms with van der Waals surface area (Å²) in [5.41, 5.74) is 3.72. The summed E-state index contributed by atoms with van der Waals surface area (Å²) in [5, 5.41) is 0. The van der Waals surface area contributed by atoms with E-state index in [0.717, 1.165) is 6.07 Å². The van der Waals surface area contributed by atoms with Crippen molar-refractivity contribution in [3.05, 3.63) is 23.4 Å². The molecule has 1 aliphatic heterocycles. The third-order valence-electron chi connectivity index (χ3n) is 2.30. The lowest BCUT2D eigenvalue weighted by Crippen LogP contribution is -2.39. The van der Waals surface area contributed by atoms with Gasteiger partial charge in [-0.05, 0) is 12.1 Å². The van der Waals surface area contributed by atoms with Crippen molar-refractivity contribution in [2.24, 2.45) is 5.73 Å². The number of alkyl halides is 3. The van der Waals surface area contributed by atoms with E-state index < -0.39 is 29.8 Å². The van der Waals surface area contributed by atoms with E-state index in [2.05, 4.69) is 4.98 Å². The van der Waals surface area contributed by atoms with Crippen molar-refractivity contribution in [2.45, 2.75) is 12.3 Å². The van der Waals surface area contributed by atoms with E-state index in [9.17, 15) is 18.0 Å². The minimum absolute atomic E-state index is 0.185. The summed E-state index contributed by atoms with van der Waals surface area (Å²) in [7, 11) is 0. The van der Waals surface area contributed by atoms with Gasteiger partial charge in [-0.3, -0.25) is 4.79 Å². The van der Waals surface area contributed by atoms with E-state index in [1.54, 1.807) is 0 Å². The molecule has 2 N–H and O–H groups in total. The first-order valence-corrected chi connectivity index (χ1v) is 5.00. The molecule has 0 bridgehead atoms. The summed E-state index contributed by atoms with van der Waals surface area (Å²) in [5.74, 6) is -1.31. The van der Waals surface area contributed by atoms with Crippen LogP contribution in [0.5, 0.6) is 5.88 Å². The maximum atomic E-state index is 12.5. The van der Waals surface area contributed by atoms with E-state index in [1.807, 2.05) is 0 Å². The Morgan fingerprint density at radius 3 is 2.56 bits per heavy atom. The fourth-order valence-electron chi connectivity index (χ4n) is 1.32. The zero-order valence-corrected chi connectivity index (χ0v) is 9.03. The van der Waals surface area contributed by atoms with E-state index >= 15 is 0 Å². The second kappa shape index (κ2) is 4.45. The minimum atomic E-state index is -4.61. The summed E-state index contributed by atoms with van der Waals surface area (Å²) >= 11 is 0. The number of rotatable bonds is 3. The highest BCUT2D eigenvalue weighted by atomic mass is 19.4. The number of primary amides is 1. The van der Waals surface area contributed by atoms with Crippen LogP contribution in [0.1, 0.15) is 16.1 Å². The lowest BCUT2D eigenvalue weighted by molar-refractivity contribution is -0.142. The molecule has 0 saturated carbocycles. The molecule has 0 atom stereocenters. The molecule has 2 rings (SSSR count). The maximum Gasteiger partial charge on any atom is 0.433 e. The summed E-state index contributed by atoms with van der Waals surface area (Å²) in [6, 6.07) is 1.64. The van der Waals surface area contributed by atoms with Gasteiger partial charge >= 0.3 is 6.18 Å². The van der Waals surface area contributed by atoms with Gasteiger partial charge in [0.15, 0.2) is 0 Å². The van der Waals surface area contributed by atoms with Crippen LogP contribution in [0.2, 0.25) is 0 Å². The van der Waals surface area contributed by atoms with Crippen molar-refractivity contribution in [3.63, 3.8) is 0 Å². The van der Waals surface area contributed by atoms with E-state index in [-0.39, 0.29) is 18.8 Å². The number of hydrogen-bond donors (Lipinski definition) is 1. The number of aromatic nitrogens is 1. The van der Waals surface area contributed by atoms with Crippen LogP contribution in [0.3, 0.4) is 0 Å². The molecule has 1 amide bonds. The third kappa shape index (κ3) is 2.53. The van der Waals surface area contributed by atoms with Gasteiger partial charge in [-0.25, -0.2) is 4.98 Å². The highest BCUT2D eigenvalue weighted by Crippen LogP contribution is 2.30. The lowest BCUT2D eigenvalue weighted by atomic mass is 10.2. The van der Waals surface area contributed by atoms with E-state index in [0.29, 0.717) is 6.07 Å². The predicted molar refractivity (Wildman–Crippen MR) is 53.0 cm³/mol. The number of carbonyl (C=O) groups is 1. The number of nitrogens with zero attached hydrogens (tertiary/aromatic N) is 1. The molecule has 1 aliphatic rings. The van der Waals surface area contributed by atoms with E-state index in [1.165, 1.54) is 0 Å². The minimum Gasteiger partial charge on any atom is -0.469 e. The Balaban J connectivity index is 2.34. The molecule has 0 unspecified atom stereocenters. The summed E-state index contributed by atoms with van der Waals surface area (Å²) in [6.45, 7) is 0.492. The number of amides is 1. The van der Waals surface area contributed by atoms with Crippen molar-refractivity contribution in [3.8, 4) is 5.88 Å². The van der Waals surface area contributed by atoms with Crippen molar-refractivity contribution in [1.82, 2.24) is 4.98 Å². The second-order valence-corrected chi connectivity index (χ2v) is 3.69. The second-order valence-electron chi connectivity index (χ2n) is 3.69. The van der Waals surface area contributed by atoms with Gasteiger partial charge in [0.2, 0.25) is 5.88 Å². The zero-order valence-electron chi connectivity index (χ0n) is 9.03. The molecule has 0 radical (unpaired) electrons. The van der Waals surface area contributed by atoms with Gasteiger partial charge in [-0.15, -0.1) is 0 Å². The molecule has 1 saturated heterocycles. The van der Waals surface area contributed by atoms with Crippen molar-refractivity contribution in [2.75, 3.05) is 13.2 Å². The van der Waals surface area contributed by atoms with Crippen LogP contribution in [0.15, 0.2) is 12.1 Å². The smallest absolute Gasteiger partial charge is 0.433 e. The molecule has 1 aromatic heterocycles. The average molecular weight is 262 g/mol. The quantitative estimate of drug-likeness (QED) is 0.881. The Morgan fingerprint density at radius 2 is 2.11 bits per heavy atom. The fraction of sp³-hybridized carbons (Fsp3) is 0.400. The average Bonchev–Trinajstić information content (AvgIpc) is 2.21. The Labute approximate surface area is 99.7 Å². The summed E-state index contributed by atoms with van der Waals surface area (Å²) in [6.07, 6.45) is -5.01. The van der Waals surface area contributed by atoms with Gasteiger partial charge in [0.1, 0.15) is 17.4 Å². The number of carbonyl (C=O) groups excluding carboxylic acids is 1. The van der Waals surface area contributed by atoms with Crippen LogP contribution < -0.4 is 10.5 Å². The first-order chi connectivity index (χ1) is 8.38. The molecular formula is C10H9F3N2O3. The van der Waals surface area contributed by atoms with Gasteiger partial charge in [-0.1, -0.05) is 0 Å². The summed E-state index contributed by atoms with van der Waals surface area (Å²) in [4.78, 5) is 14.3. The number of halogens is 3. The first kappa shape index (κ1) is 12.6. The number of hydrogen-bond acceptors (Lipinski definition) is 4. The molecule has 5 nitrogen and oxygen atoms in total. The fourth-order valence-corrected chi connectivity index (χ4v) is 1.32. The monoisotopic (exact) mass is 262 g/mol. The molecule has 18 heavy (non-hydrogen) atoms. The van der Waals surface area contributed by atoms with Crippen molar-refractivity contribution >= 4 is 5.91 Å². The zero-order chi connectivity index (χ0) is 13.3. The molecule has 1 aromatic rings. The SMILES string of the molecule is NC(=O)c1ccc(C(F)(F)F)nc1OC1COC1. The summed E-state index contributed by atoms with van der Waals surface area (Å²) < 4.78 is 47.4. The Hall–Kier alpha value is -1.83. The van der Waals surface area contributed by atoms with Gasteiger partial charge < -0.3 is 15.2 Å². The van der Waals surface area contributed by atoms with Gasteiger partial charge in [0.05, 0.1) is 13.2 Å². The van der Waals surface area contributed by atoms with Crippen LogP contribution in [-0.2, 0) is 10.9 Å². The largest absolute Gasteiger partial charge is 0.469 e. The Bertz CT molecular complexity index is 472. The highest BCUT2D eigenvalue weighted by molar-refractivity contribution is 5.95. The topological polar surface area (TPSA) is 74.4 Å². The van der Waals surface area contributed by atoms with E-state index in [4.69, 9.17) is 15.2 Å². The molecule has 0 aliphatic carbocycles. The number of pyridine rings is 1. The normalized spacial score (nSPS) is 16.2. The molecule has 8 heteroatoms. The molecule has 1 fully saturated rings. The van der Waals surface area contributed by atoms with Gasteiger partial charge in [0, 0.05) is 0 Å². The Kier molecular flexibility index (Phi) is 3.12. The van der Waals surface area contributed by atoms with Crippen LogP contribution in [-0.4, -0.2) is 30.2 Å². The van der Waals surface area contributed by atoms with Crippen molar-refractivity contribution < 1.29 is 27.4 Å². The van der Waals surface area contributed by atoms with Crippen molar-refractivity contribution in [1.29, 1.82) is 0 Å². The van der Waals surface area contributed by atoms with Crippen LogP contribution >= 0.6 is 0 Å². The predicted octanol–water partition coefficient (Wildman–Crippen LogP) is 0.977. The third-order valence-corrected chi connectivity index (χ3v) is 2.30. The molecule has 98 valence electrons. The lowest BCUT2D eigenvalue weighted by Gasteiger charge is -2.27. The molecule has 0 spiro atoms. The number of nitrogens with two attached hydrogens (primary N) is 1. The van der Waals surface area contributed by atoms with Crippen LogP contribution in [0, 0.1) is 0 Å². The van der Waals surface area contributed by atoms with Gasteiger partial charge in [-0.2, -0.15) is 13.2 Å². The first-order valence-electron chi connectivity index (χ1n) is 5.00. The van der Waals surface area contributed by atoms with Crippen LogP contribution in [0.4, 0.5) is 13.2 Å². The molecule has 0 aromatic carbocycles. The van der Waals surface area contributed by atoms with Crippen LogP contribution in [0.25, 0.3) is 0 Å². The standard InChI is InChI=1S/C10H9F3N2O3/c11-10(12,13)7-2-1-6(8(14)16)9(15-7)18-5-3-17-4-5/h1-2,5H,3-4H2,(H2,14,16).